The largest absolute Gasteiger partial charge is 0.456 e. The van der Waals surface area contributed by atoms with Gasteiger partial charge < -0.3 is 4.42 Å². The van der Waals surface area contributed by atoms with Gasteiger partial charge in [-0.2, -0.15) is 0 Å². The number of rotatable bonds is 5. The number of para-hydroxylation sites is 1. The molecule has 0 N–H and O–H groups in total. The maximum absolute atomic E-state index is 6.34. The van der Waals surface area contributed by atoms with Crippen molar-refractivity contribution in [3.05, 3.63) is 90.1 Å². The smallest absolute Gasteiger partial charge is 0.138 e. The summed E-state index contributed by atoms with van der Waals surface area (Å²) in [4.78, 5) is 4.92. The van der Waals surface area contributed by atoms with Gasteiger partial charge in [0.1, 0.15) is 11.2 Å². The van der Waals surface area contributed by atoms with Crippen molar-refractivity contribution in [2.24, 2.45) is 11.8 Å². The van der Waals surface area contributed by atoms with Gasteiger partial charge in [0.05, 0.1) is 5.69 Å². The number of nitrogens with zero attached hydrogens (tertiary/aromatic N) is 1. The van der Waals surface area contributed by atoms with E-state index in [1.165, 1.54) is 43.4 Å². The van der Waals surface area contributed by atoms with Crippen molar-refractivity contribution in [1.29, 1.82) is 0 Å². The van der Waals surface area contributed by atoms with E-state index in [1.807, 2.05) is 12.3 Å². The molecule has 0 saturated carbocycles. The minimum atomic E-state index is 0.533. The van der Waals surface area contributed by atoms with Gasteiger partial charge in [0.15, 0.2) is 0 Å². The molecule has 0 aliphatic carbocycles. The molecule has 0 fully saturated rings. The number of aromatic nitrogens is 1. The van der Waals surface area contributed by atoms with Crippen LogP contribution in [0.1, 0.15) is 38.8 Å². The molecule has 2 heterocycles. The summed E-state index contributed by atoms with van der Waals surface area (Å²) in [6.45, 7) is 9.08. The lowest BCUT2D eigenvalue weighted by Crippen LogP contribution is -1.96. The first-order valence-corrected chi connectivity index (χ1v) is 12.7. The van der Waals surface area contributed by atoms with E-state index in [4.69, 9.17) is 9.40 Å². The number of hydrogen-bond acceptors (Lipinski definition) is 2. The lowest BCUT2D eigenvalue weighted by Gasteiger charge is -2.13. The van der Waals surface area contributed by atoms with Crippen molar-refractivity contribution in [2.45, 2.75) is 40.5 Å². The van der Waals surface area contributed by atoms with E-state index in [9.17, 15) is 0 Å². The van der Waals surface area contributed by atoms with Gasteiger partial charge in [-0.3, -0.25) is 4.98 Å². The Kier molecular flexibility index (Phi) is 5.33. The van der Waals surface area contributed by atoms with Crippen LogP contribution in [0.3, 0.4) is 0 Å². The first-order valence-electron chi connectivity index (χ1n) is 12.7. The van der Waals surface area contributed by atoms with Gasteiger partial charge in [0.2, 0.25) is 0 Å². The summed E-state index contributed by atoms with van der Waals surface area (Å²) in [6, 6.07) is 26.5. The maximum atomic E-state index is 6.34. The predicted octanol–water partition coefficient (Wildman–Crippen LogP) is 9.35. The minimum Gasteiger partial charge on any atom is -0.456 e. The number of pyridine rings is 1. The standard InChI is InChI=1S/C33H31NO/c1-20(2)15-22-9-10-23-11-12-28-26(29(23)17-22)13-14-34-32(28)24-18-25(16-21(3)4)33-30(19-24)27-7-5-6-8-31(27)35-33/h5-14,17-21H,15-16H2,1-4H3. The van der Waals surface area contributed by atoms with Gasteiger partial charge in [-0.1, -0.05) is 76.2 Å². The quantitative estimate of drug-likeness (QED) is 0.241. The van der Waals surface area contributed by atoms with Crippen LogP contribution in [0.25, 0.3) is 54.7 Å². The molecule has 0 amide bonds. The van der Waals surface area contributed by atoms with E-state index in [0.29, 0.717) is 11.8 Å². The van der Waals surface area contributed by atoms with Crippen molar-refractivity contribution in [2.75, 3.05) is 0 Å². The molecule has 6 rings (SSSR count). The Bertz CT molecular complexity index is 1700. The van der Waals surface area contributed by atoms with Gasteiger partial charge in [-0.05, 0) is 76.2 Å². The third-order valence-corrected chi connectivity index (χ3v) is 6.93. The Balaban J connectivity index is 1.61. The van der Waals surface area contributed by atoms with Crippen molar-refractivity contribution in [3.8, 4) is 11.3 Å². The van der Waals surface area contributed by atoms with E-state index < -0.39 is 0 Å². The molecule has 0 saturated heterocycles. The van der Waals surface area contributed by atoms with Gasteiger partial charge >= 0.3 is 0 Å². The van der Waals surface area contributed by atoms with Crippen LogP contribution in [-0.2, 0) is 12.8 Å². The van der Waals surface area contributed by atoms with Crippen LogP contribution in [0, 0.1) is 11.8 Å². The fourth-order valence-electron chi connectivity index (χ4n) is 5.49. The van der Waals surface area contributed by atoms with Crippen LogP contribution in [0.4, 0.5) is 0 Å². The second-order valence-electron chi connectivity index (χ2n) is 10.7. The molecule has 0 bridgehead atoms. The van der Waals surface area contributed by atoms with Crippen LogP contribution in [0.15, 0.2) is 83.4 Å². The zero-order valence-electron chi connectivity index (χ0n) is 20.9. The highest BCUT2D eigenvalue weighted by Gasteiger charge is 2.17. The highest BCUT2D eigenvalue weighted by atomic mass is 16.3. The molecule has 0 unspecified atom stereocenters. The Morgan fingerprint density at radius 2 is 1.49 bits per heavy atom. The SMILES string of the molecule is CC(C)Cc1ccc2ccc3c(-c4cc(CC(C)C)c5oc6ccccc6c5c4)nccc3c2c1. The second kappa shape index (κ2) is 8.53. The molecule has 6 aromatic rings. The summed E-state index contributed by atoms with van der Waals surface area (Å²) in [5.41, 5.74) is 6.79. The fourth-order valence-corrected chi connectivity index (χ4v) is 5.49. The maximum Gasteiger partial charge on any atom is 0.138 e. The normalized spacial score (nSPS) is 12.2. The molecular formula is C33H31NO. The Labute approximate surface area is 206 Å². The van der Waals surface area contributed by atoms with Crippen molar-refractivity contribution < 1.29 is 4.42 Å². The molecular weight excluding hydrogens is 426 g/mol. The lowest BCUT2D eigenvalue weighted by molar-refractivity contribution is 0.624. The van der Waals surface area contributed by atoms with E-state index >= 15 is 0 Å². The molecule has 0 atom stereocenters. The van der Waals surface area contributed by atoms with Crippen molar-refractivity contribution >= 4 is 43.5 Å². The molecule has 0 radical (unpaired) electrons. The predicted molar refractivity (Wildman–Crippen MR) is 149 cm³/mol. The number of hydrogen-bond donors (Lipinski definition) is 0. The molecule has 35 heavy (non-hydrogen) atoms. The first-order chi connectivity index (χ1) is 17.0. The average molecular weight is 458 g/mol. The fraction of sp³-hybridized carbons (Fsp3) is 0.242. The van der Waals surface area contributed by atoms with Crippen LogP contribution in [0.2, 0.25) is 0 Å². The zero-order chi connectivity index (χ0) is 24.1. The van der Waals surface area contributed by atoms with E-state index in [2.05, 4.69) is 94.4 Å². The van der Waals surface area contributed by atoms with Gasteiger partial charge in [0, 0.05) is 27.9 Å². The van der Waals surface area contributed by atoms with E-state index in [0.717, 1.165) is 35.3 Å². The summed E-state index contributed by atoms with van der Waals surface area (Å²) in [5, 5.41) is 7.39. The lowest BCUT2D eigenvalue weighted by atomic mass is 9.93. The monoisotopic (exact) mass is 457 g/mol. The third kappa shape index (κ3) is 3.87. The molecule has 4 aromatic carbocycles. The molecule has 0 spiro atoms. The highest BCUT2D eigenvalue weighted by Crippen LogP contribution is 2.38. The summed E-state index contributed by atoms with van der Waals surface area (Å²) in [5.74, 6) is 1.17. The first kappa shape index (κ1) is 21.9. The summed E-state index contributed by atoms with van der Waals surface area (Å²) >= 11 is 0. The van der Waals surface area contributed by atoms with Gasteiger partial charge in [-0.15, -0.1) is 0 Å². The Hall–Kier alpha value is -3.65. The van der Waals surface area contributed by atoms with E-state index in [1.54, 1.807) is 0 Å². The summed E-state index contributed by atoms with van der Waals surface area (Å²) in [7, 11) is 0. The molecule has 0 aliphatic heterocycles. The summed E-state index contributed by atoms with van der Waals surface area (Å²) < 4.78 is 6.34. The zero-order valence-corrected chi connectivity index (χ0v) is 20.9. The number of benzene rings is 4. The molecule has 2 aromatic heterocycles. The molecule has 0 aliphatic rings. The van der Waals surface area contributed by atoms with Crippen LogP contribution < -0.4 is 0 Å². The molecule has 2 heteroatoms. The number of furan rings is 1. The van der Waals surface area contributed by atoms with Crippen LogP contribution in [0.5, 0.6) is 0 Å². The third-order valence-electron chi connectivity index (χ3n) is 6.93. The minimum absolute atomic E-state index is 0.533. The summed E-state index contributed by atoms with van der Waals surface area (Å²) in [6.07, 6.45) is 4.02. The van der Waals surface area contributed by atoms with Gasteiger partial charge in [0.25, 0.3) is 0 Å². The number of fused-ring (bicyclic) bond motifs is 6. The Morgan fingerprint density at radius 3 is 2.31 bits per heavy atom. The highest BCUT2D eigenvalue weighted by molar-refractivity contribution is 6.13. The van der Waals surface area contributed by atoms with Crippen LogP contribution >= 0.6 is 0 Å². The second-order valence-corrected chi connectivity index (χ2v) is 10.7. The van der Waals surface area contributed by atoms with Crippen molar-refractivity contribution in [1.82, 2.24) is 4.98 Å². The van der Waals surface area contributed by atoms with Gasteiger partial charge in [-0.25, -0.2) is 0 Å². The Morgan fingerprint density at radius 1 is 0.686 bits per heavy atom. The van der Waals surface area contributed by atoms with E-state index in [-0.39, 0.29) is 0 Å². The average Bonchev–Trinajstić information content (AvgIpc) is 3.22. The van der Waals surface area contributed by atoms with Crippen molar-refractivity contribution in [3.63, 3.8) is 0 Å². The van der Waals surface area contributed by atoms with Crippen LogP contribution in [-0.4, -0.2) is 4.98 Å². The molecule has 2 nitrogen and oxygen atoms in total. The molecule has 174 valence electrons. The topological polar surface area (TPSA) is 26.0 Å².